The van der Waals surface area contributed by atoms with E-state index in [2.05, 4.69) is 15.1 Å². The minimum atomic E-state index is 0.0107. The summed E-state index contributed by atoms with van der Waals surface area (Å²) in [7, 11) is 3.99. The van der Waals surface area contributed by atoms with Crippen molar-refractivity contribution in [3.8, 4) is 5.75 Å². The first-order chi connectivity index (χ1) is 10.4. The molecule has 0 radical (unpaired) electrons. The Morgan fingerprint density at radius 1 is 1.27 bits per heavy atom. The summed E-state index contributed by atoms with van der Waals surface area (Å²) in [5, 5.41) is 9.25. The number of aromatic nitrogens is 3. The molecule has 0 bridgehead atoms. The summed E-state index contributed by atoms with van der Waals surface area (Å²) in [4.78, 5) is 2.14. The predicted molar refractivity (Wildman–Crippen MR) is 88.6 cm³/mol. The van der Waals surface area contributed by atoms with Crippen molar-refractivity contribution in [2.24, 2.45) is 7.05 Å². The van der Waals surface area contributed by atoms with E-state index in [0.717, 1.165) is 18.2 Å². The monoisotopic (exact) mass is 342 g/mol. The molecule has 22 heavy (non-hydrogen) atoms. The van der Waals surface area contributed by atoms with E-state index in [1.165, 1.54) is 0 Å². The number of hydrogen-bond acceptors (Lipinski definition) is 4. The molecule has 0 saturated carbocycles. The minimum absolute atomic E-state index is 0.0107. The maximum absolute atomic E-state index is 5.99. The van der Waals surface area contributed by atoms with Crippen molar-refractivity contribution in [1.82, 2.24) is 19.7 Å². The molecule has 2 rings (SSSR count). The second-order valence-electron chi connectivity index (χ2n) is 5.42. The Kier molecular flexibility index (Phi) is 5.67. The van der Waals surface area contributed by atoms with Gasteiger partial charge in [0.25, 0.3) is 0 Å². The van der Waals surface area contributed by atoms with Crippen LogP contribution in [0, 0.1) is 6.92 Å². The lowest BCUT2D eigenvalue weighted by Crippen LogP contribution is -2.31. The molecule has 1 atom stereocenters. The van der Waals surface area contributed by atoms with Gasteiger partial charge in [0.05, 0.1) is 16.6 Å². The Hall–Kier alpha value is -1.30. The Balaban J connectivity index is 1.89. The SMILES string of the molecule is Cc1nnc(CN(C)C[C@H](C)Oc2ccc(Cl)c(Cl)c2)n1C. The zero-order valence-corrected chi connectivity index (χ0v) is 14.7. The van der Waals surface area contributed by atoms with E-state index in [0.29, 0.717) is 22.3 Å². The molecule has 1 aromatic carbocycles. The van der Waals surface area contributed by atoms with Gasteiger partial charge in [0.15, 0.2) is 0 Å². The predicted octanol–water partition coefficient (Wildman–Crippen LogP) is 3.33. The summed E-state index contributed by atoms with van der Waals surface area (Å²) in [6.45, 7) is 5.42. The van der Waals surface area contributed by atoms with Crippen molar-refractivity contribution >= 4 is 23.2 Å². The first-order valence-corrected chi connectivity index (χ1v) is 7.77. The maximum atomic E-state index is 5.99. The van der Waals surface area contributed by atoms with Crippen LogP contribution in [-0.4, -0.2) is 39.4 Å². The molecule has 7 heteroatoms. The quantitative estimate of drug-likeness (QED) is 0.807. The number of benzene rings is 1. The largest absolute Gasteiger partial charge is 0.489 e. The van der Waals surface area contributed by atoms with Crippen LogP contribution in [0.15, 0.2) is 18.2 Å². The molecule has 1 heterocycles. The highest BCUT2D eigenvalue weighted by Crippen LogP contribution is 2.26. The van der Waals surface area contributed by atoms with Crippen LogP contribution in [0.1, 0.15) is 18.6 Å². The normalized spacial score (nSPS) is 12.7. The summed E-state index contributed by atoms with van der Waals surface area (Å²) in [6, 6.07) is 5.28. The second kappa shape index (κ2) is 7.31. The van der Waals surface area contributed by atoms with Gasteiger partial charge in [-0.2, -0.15) is 0 Å². The van der Waals surface area contributed by atoms with Gasteiger partial charge in [0.2, 0.25) is 0 Å². The zero-order chi connectivity index (χ0) is 16.3. The van der Waals surface area contributed by atoms with Crippen LogP contribution in [0.2, 0.25) is 10.0 Å². The number of ether oxygens (including phenoxy) is 1. The van der Waals surface area contributed by atoms with Gasteiger partial charge >= 0.3 is 0 Å². The molecule has 120 valence electrons. The zero-order valence-electron chi connectivity index (χ0n) is 13.2. The third-order valence-electron chi connectivity index (χ3n) is 3.39. The summed E-state index contributed by atoms with van der Waals surface area (Å²) in [5.74, 6) is 2.55. The lowest BCUT2D eigenvalue weighted by Gasteiger charge is -2.22. The van der Waals surface area contributed by atoms with Crippen LogP contribution < -0.4 is 4.74 Å². The molecule has 0 saturated heterocycles. The number of nitrogens with zero attached hydrogens (tertiary/aromatic N) is 4. The lowest BCUT2D eigenvalue weighted by molar-refractivity contribution is 0.156. The fourth-order valence-corrected chi connectivity index (χ4v) is 2.44. The van der Waals surface area contributed by atoms with Crippen molar-refractivity contribution < 1.29 is 4.74 Å². The standard InChI is InChI=1S/C15H20Cl2N4O/c1-10(22-12-5-6-13(16)14(17)7-12)8-20(3)9-15-19-18-11(2)21(15)4/h5-7,10H,8-9H2,1-4H3/t10-/m0/s1. The maximum Gasteiger partial charge on any atom is 0.146 e. The lowest BCUT2D eigenvalue weighted by atomic mass is 10.3. The number of likely N-dealkylation sites (N-methyl/N-ethyl adjacent to an activating group) is 1. The molecule has 0 fully saturated rings. The summed E-state index contributed by atoms with van der Waals surface area (Å²) >= 11 is 11.9. The van der Waals surface area contributed by atoms with Crippen LogP contribution in [0.3, 0.4) is 0 Å². The number of hydrogen-bond donors (Lipinski definition) is 0. The highest BCUT2D eigenvalue weighted by atomic mass is 35.5. The molecule has 0 aliphatic carbocycles. The number of aryl methyl sites for hydroxylation is 1. The molecule has 0 N–H and O–H groups in total. The number of halogens is 2. The van der Waals surface area contributed by atoms with Gasteiger partial charge in [-0.05, 0) is 33.0 Å². The number of rotatable bonds is 6. The minimum Gasteiger partial charge on any atom is -0.489 e. The molecule has 0 spiro atoms. The van der Waals surface area contributed by atoms with Gasteiger partial charge in [-0.25, -0.2) is 0 Å². The molecular formula is C15H20Cl2N4O. The van der Waals surface area contributed by atoms with Crippen molar-refractivity contribution in [2.75, 3.05) is 13.6 Å². The molecule has 0 aliphatic rings. The summed E-state index contributed by atoms with van der Waals surface area (Å²) in [6.07, 6.45) is 0.0107. The van der Waals surface area contributed by atoms with Crippen LogP contribution in [0.25, 0.3) is 0 Å². The molecular weight excluding hydrogens is 323 g/mol. The Morgan fingerprint density at radius 2 is 2.00 bits per heavy atom. The molecule has 5 nitrogen and oxygen atoms in total. The van der Waals surface area contributed by atoms with Gasteiger partial charge in [0.1, 0.15) is 23.5 Å². The summed E-state index contributed by atoms with van der Waals surface area (Å²) < 4.78 is 7.85. The van der Waals surface area contributed by atoms with Gasteiger partial charge in [-0.3, -0.25) is 4.90 Å². The van der Waals surface area contributed by atoms with Crippen molar-refractivity contribution in [1.29, 1.82) is 0 Å². The average molecular weight is 343 g/mol. The molecule has 1 aromatic heterocycles. The second-order valence-corrected chi connectivity index (χ2v) is 6.24. The Bertz CT molecular complexity index is 644. The molecule has 2 aromatic rings. The van der Waals surface area contributed by atoms with Crippen molar-refractivity contribution in [3.05, 3.63) is 39.9 Å². The van der Waals surface area contributed by atoms with E-state index in [1.54, 1.807) is 12.1 Å². The van der Waals surface area contributed by atoms with Gasteiger partial charge in [0, 0.05) is 19.7 Å². The van der Waals surface area contributed by atoms with Gasteiger partial charge in [-0.1, -0.05) is 23.2 Å². The molecule has 0 unspecified atom stereocenters. The van der Waals surface area contributed by atoms with Crippen LogP contribution >= 0.6 is 23.2 Å². The fourth-order valence-electron chi connectivity index (χ4n) is 2.15. The van der Waals surface area contributed by atoms with E-state index in [4.69, 9.17) is 27.9 Å². The van der Waals surface area contributed by atoms with Crippen LogP contribution in [0.4, 0.5) is 0 Å². The smallest absolute Gasteiger partial charge is 0.146 e. The van der Waals surface area contributed by atoms with E-state index in [-0.39, 0.29) is 6.10 Å². The van der Waals surface area contributed by atoms with E-state index >= 15 is 0 Å². The van der Waals surface area contributed by atoms with E-state index in [9.17, 15) is 0 Å². The van der Waals surface area contributed by atoms with Crippen molar-refractivity contribution in [3.63, 3.8) is 0 Å². The Morgan fingerprint density at radius 3 is 2.59 bits per heavy atom. The van der Waals surface area contributed by atoms with Gasteiger partial charge in [-0.15, -0.1) is 10.2 Å². The molecule has 0 aliphatic heterocycles. The third-order valence-corrected chi connectivity index (χ3v) is 4.13. The first kappa shape index (κ1) is 17.1. The highest BCUT2D eigenvalue weighted by molar-refractivity contribution is 6.42. The fraction of sp³-hybridized carbons (Fsp3) is 0.467. The van der Waals surface area contributed by atoms with Gasteiger partial charge < -0.3 is 9.30 Å². The average Bonchev–Trinajstić information content (AvgIpc) is 2.74. The van der Waals surface area contributed by atoms with Crippen molar-refractivity contribution in [2.45, 2.75) is 26.5 Å². The van der Waals surface area contributed by atoms with Crippen LogP contribution in [-0.2, 0) is 13.6 Å². The summed E-state index contributed by atoms with van der Waals surface area (Å²) in [5.41, 5.74) is 0. The topological polar surface area (TPSA) is 43.2 Å². The third kappa shape index (κ3) is 4.35. The van der Waals surface area contributed by atoms with E-state index < -0.39 is 0 Å². The van der Waals surface area contributed by atoms with E-state index in [1.807, 2.05) is 38.6 Å². The Labute approximate surface area is 140 Å². The first-order valence-electron chi connectivity index (χ1n) is 7.02. The van der Waals surface area contributed by atoms with Crippen LogP contribution in [0.5, 0.6) is 5.75 Å². The molecule has 0 amide bonds. The highest BCUT2D eigenvalue weighted by Gasteiger charge is 2.12.